The van der Waals surface area contributed by atoms with Gasteiger partial charge in [0.15, 0.2) is 0 Å². The molecule has 0 bridgehead atoms. The molecule has 0 fully saturated rings. The number of para-hydroxylation sites is 1. The number of nitrogens with one attached hydrogen (secondary N) is 2. The number of fused-ring (bicyclic) bond motifs is 1. The molecule has 4 aromatic carbocycles. The van der Waals surface area contributed by atoms with Crippen molar-refractivity contribution in [1.29, 1.82) is 0 Å². The van der Waals surface area contributed by atoms with Crippen molar-refractivity contribution in [3.05, 3.63) is 123 Å². The molecule has 0 saturated heterocycles. The second-order valence-electron chi connectivity index (χ2n) is 9.28. The van der Waals surface area contributed by atoms with E-state index in [4.69, 9.17) is 4.74 Å². The summed E-state index contributed by atoms with van der Waals surface area (Å²) in [6, 6.07) is 24.1. The molecule has 10 heteroatoms. The van der Waals surface area contributed by atoms with Gasteiger partial charge in [-0.2, -0.15) is 18.3 Å². The number of hydrazone groups is 1. The predicted octanol–water partition coefficient (Wildman–Crippen LogP) is 8.16. The van der Waals surface area contributed by atoms with Gasteiger partial charge in [0.25, 0.3) is 5.91 Å². The Hall–Kier alpha value is -4.70. The molecule has 5 aromatic rings. The first-order chi connectivity index (χ1) is 20.2. The molecule has 0 aliphatic carbocycles. The van der Waals surface area contributed by atoms with Crippen LogP contribution in [-0.2, 0) is 12.6 Å². The Balaban J connectivity index is 1.41. The lowest BCUT2D eigenvalue weighted by atomic mass is 10.00. The molecule has 6 nitrogen and oxygen atoms in total. The molecule has 1 heterocycles. The summed E-state index contributed by atoms with van der Waals surface area (Å²) < 4.78 is 45.3. The number of ether oxygens (including phenoxy) is 1. The number of rotatable bonds is 7. The highest BCUT2D eigenvalue weighted by atomic mass is 79.9. The van der Waals surface area contributed by atoms with E-state index in [-0.39, 0.29) is 11.3 Å². The van der Waals surface area contributed by atoms with E-state index < -0.39 is 23.6 Å². The third-order valence-electron chi connectivity index (χ3n) is 6.56. The number of halogens is 4. The minimum absolute atomic E-state index is 0.0433. The number of aryl methyl sites for hydroxylation is 1. The molecule has 0 aliphatic rings. The number of amides is 1. The molecule has 0 radical (unpaired) electrons. The summed E-state index contributed by atoms with van der Waals surface area (Å²) >= 11 is 3.35. The Labute approximate surface area is 247 Å². The van der Waals surface area contributed by atoms with Crippen LogP contribution in [0, 0.1) is 0 Å². The fourth-order valence-corrected chi connectivity index (χ4v) is 4.94. The van der Waals surface area contributed by atoms with Crippen LogP contribution in [0.15, 0.2) is 101 Å². The maximum atomic E-state index is 13.4. The molecule has 5 rings (SSSR count). The number of carbonyl (C=O) groups excluding carboxylic acids is 2. The molecule has 212 valence electrons. The number of esters is 1. The second kappa shape index (κ2) is 12.0. The van der Waals surface area contributed by atoms with Crippen LogP contribution in [-0.4, -0.2) is 23.1 Å². The van der Waals surface area contributed by atoms with E-state index >= 15 is 0 Å². The van der Waals surface area contributed by atoms with Crippen molar-refractivity contribution in [3.8, 4) is 16.9 Å². The first-order valence-electron chi connectivity index (χ1n) is 12.9. The van der Waals surface area contributed by atoms with Crippen molar-refractivity contribution in [1.82, 2.24) is 10.4 Å². The van der Waals surface area contributed by atoms with Crippen LogP contribution in [0.2, 0.25) is 0 Å². The van der Waals surface area contributed by atoms with E-state index in [1.54, 1.807) is 12.1 Å². The zero-order valence-corrected chi connectivity index (χ0v) is 23.7. The van der Waals surface area contributed by atoms with Gasteiger partial charge in [-0.05, 0) is 53.9 Å². The lowest BCUT2D eigenvalue weighted by Crippen LogP contribution is -2.19. The van der Waals surface area contributed by atoms with Crippen LogP contribution >= 0.6 is 15.9 Å². The average molecular weight is 634 g/mol. The first kappa shape index (κ1) is 28.8. The zero-order valence-electron chi connectivity index (χ0n) is 22.1. The average Bonchev–Trinajstić information content (AvgIpc) is 3.38. The number of aromatic nitrogens is 1. The van der Waals surface area contributed by atoms with Gasteiger partial charge in [-0.3, -0.25) is 4.79 Å². The third-order valence-corrected chi connectivity index (χ3v) is 7.05. The summed E-state index contributed by atoms with van der Waals surface area (Å²) in [5.41, 5.74) is 5.48. The Bertz CT molecular complexity index is 1810. The molecule has 0 spiro atoms. The standard InChI is InChI=1S/C32H23BrF3N3O3/c1-2-19-10-7-13-25-27(20-8-4-3-5-9-20)29(38-28(19)25)30(40)39-37-18-22-17-24(33)14-15-26(22)42-31(41)21-11-6-12-23(16-21)32(34,35)36/h3-18,38H,2H2,1H3,(H,39,40). The fourth-order valence-electron chi connectivity index (χ4n) is 4.56. The predicted molar refractivity (Wildman–Crippen MR) is 159 cm³/mol. The summed E-state index contributed by atoms with van der Waals surface area (Å²) in [6.07, 6.45) is -2.54. The monoisotopic (exact) mass is 633 g/mol. The van der Waals surface area contributed by atoms with Gasteiger partial charge in [-0.1, -0.05) is 77.5 Å². The molecule has 0 unspecified atom stereocenters. The van der Waals surface area contributed by atoms with Crippen LogP contribution in [0.5, 0.6) is 5.75 Å². The second-order valence-corrected chi connectivity index (χ2v) is 10.2. The van der Waals surface area contributed by atoms with Gasteiger partial charge in [0.2, 0.25) is 0 Å². The minimum Gasteiger partial charge on any atom is -0.422 e. The molecule has 1 aromatic heterocycles. The smallest absolute Gasteiger partial charge is 0.416 e. The number of aromatic amines is 1. The Kier molecular flexibility index (Phi) is 8.26. The van der Waals surface area contributed by atoms with Crippen LogP contribution in [0.4, 0.5) is 13.2 Å². The van der Waals surface area contributed by atoms with Crippen LogP contribution in [0.3, 0.4) is 0 Å². The first-order valence-corrected chi connectivity index (χ1v) is 13.7. The molecule has 42 heavy (non-hydrogen) atoms. The molecule has 0 saturated carbocycles. The SMILES string of the molecule is CCc1cccc2c(-c3ccccc3)c(C(=O)NN=Cc3cc(Br)ccc3OC(=O)c3cccc(C(F)(F)F)c3)[nH]c12. The van der Waals surface area contributed by atoms with Crippen molar-refractivity contribution in [2.24, 2.45) is 5.10 Å². The van der Waals surface area contributed by atoms with E-state index in [9.17, 15) is 22.8 Å². The largest absolute Gasteiger partial charge is 0.422 e. The maximum Gasteiger partial charge on any atom is 0.416 e. The Morgan fingerprint density at radius 2 is 1.74 bits per heavy atom. The number of hydrogen-bond acceptors (Lipinski definition) is 4. The molecule has 0 aliphatic heterocycles. The summed E-state index contributed by atoms with van der Waals surface area (Å²) in [4.78, 5) is 29.3. The van der Waals surface area contributed by atoms with E-state index in [0.29, 0.717) is 15.7 Å². The molecule has 1 amide bonds. The van der Waals surface area contributed by atoms with Gasteiger partial charge in [-0.25, -0.2) is 10.2 Å². The molecule has 2 N–H and O–H groups in total. The summed E-state index contributed by atoms with van der Waals surface area (Å²) in [5, 5.41) is 5.00. The van der Waals surface area contributed by atoms with E-state index in [0.717, 1.165) is 52.2 Å². The van der Waals surface area contributed by atoms with Crippen molar-refractivity contribution in [2.75, 3.05) is 0 Å². The number of carbonyl (C=O) groups is 2. The Morgan fingerprint density at radius 3 is 2.48 bits per heavy atom. The maximum absolute atomic E-state index is 13.4. The fraction of sp³-hybridized carbons (Fsp3) is 0.0938. The zero-order chi connectivity index (χ0) is 29.9. The van der Waals surface area contributed by atoms with Crippen molar-refractivity contribution in [2.45, 2.75) is 19.5 Å². The summed E-state index contributed by atoms with van der Waals surface area (Å²) in [5.74, 6) is -1.41. The van der Waals surface area contributed by atoms with Crippen molar-refractivity contribution >= 4 is 44.9 Å². The van der Waals surface area contributed by atoms with Gasteiger partial charge in [0.1, 0.15) is 11.4 Å². The number of alkyl halides is 3. The van der Waals surface area contributed by atoms with Crippen LogP contribution in [0.25, 0.3) is 22.0 Å². The molecular weight excluding hydrogens is 611 g/mol. The Morgan fingerprint density at radius 1 is 0.976 bits per heavy atom. The van der Waals surface area contributed by atoms with Gasteiger partial charge in [-0.15, -0.1) is 0 Å². The van der Waals surface area contributed by atoms with Gasteiger partial charge >= 0.3 is 12.1 Å². The number of H-pyrrole nitrogens is 1. The normalized spacial score (nSPS) is 11.6. The summed E-state index contributed by atoms with van der Waals surface area (Å²) in [7, 11) is 0. The van der Waals surface area contributed by atoms with E-state index in [1.165, 1.54) is 18.3 Å². The number of benzene rings is 4. The minimum atomic E-state index is -4.60. The van der Waals surface area contributed by atoms with Gasteiger partial charge in [0, 0.05) is 26.5 Å². The van der Waals surface area contributed by atoms with E-state index in [1.807, 2.05) is 55.5 Å². The molecule has 0 atom stereocenters. The lowest BCUT2D eigenvalue weighted by Gasteiger charge is -2.10. The van der Waals surface area contributed by atoms with Gasteiger partial charge in [0.05, 0.1) is 17.3 Å². The highest BCUT2D eigenvalue weighted by molar-refractivity contribution is 9.10. The quantitative estimate of drug-likeness (QED) is 0.0821. The number of hydrogen-bond donors (Lipinski definition) is 2. The van der Waals surface area contributed by atoms with Crippen LogP contribution in [0.1, 0.15) is 44.5 Å². The van der Waals surface area contributed by atoms with Crippen molar-refractivity contribution < 1.29 is 27.5 Å². The lowest BCUT2D eigenvalue weighted by molar-refractivity contribution is -0.137. The molecular formula is C32H23BrF3N3O3. The topological polar surface area (TPSA) is 83.5 Å². The third kappa shape index (κ3) is 6.13. The van der Waals surface area contributed by atoms with Crippen molar-refractivity contribution in [3.63, 3.8) is 0 Å². The van der Waals surface area contributed by atoms with Crippen LogP contribution < -0.4 is 10.2 Å². The highest BCUT2D eigenvalue weighted by Gasteiger charge is 2.31. The van der Waals surface area contributed by atoms with E-state index in [2.05, 4.69) is 31.4 Å². The van der Waals surface area contributed by atoms with Gasteiger partial charge < -0.3 is 9.72 Å². The highest BCUT2D eigenvalue weighted by Crippen LogP contribution is 2.34. The summed E-state index contributed by atoms with van der Waals surface area (Å²) in [6.45, 7) is 2.04. The number of nitrogens with zero attached hydrogens (tertiary/aromatic N) is 1.